The topological polar surface area (TPSA) is 91.3 Å². The van der Waals surface area contributed by atoms with Crippen molar-refractivity contribution < 1.29 is 19.1 Å². The van der Waals surface area contributed by atoms with Gasteiger partial charge in [0.05, 0.1) is 21.2 Å². The number of carboxylic acids is 1. The molecule has 0 saturated heterocycles. The van der Waals surface area contributed by atoms with Gasteiger partial charge in [0.15, 0.2) is 5.13 Å². The van der Waals surface area contributed by atoms with E-state index in [0.29, 0.717) is 5.13 Å². The predicted molar refractivity (Wildman–Crippen MR) is 75.8 cm³/mol. The van der Waals surface area contributed by atoms with Crippen molar-refractivity contribution in [1.82, 2.24) is 4.98 Å². The van der Waals surface area contributed by atoms with Gasteiger partial charge in [-0.1, -0.05) is 11.3 Å². The van der Waals surface area contributed by atoms with Crippen LogP contribution in [0.15, 0.2) is 28.2 Å². The van der Waals surface area contributed by atoms with Gasteiger partial charge < -0.3 is 10.4 Å². The number of carbonyl (C=O) groups excluding carboxylic acids is 1. The van der Waals surface area contributed by atoms with Gasteiger partial charge in [0.25, 0.3) is 0 Å². The molecule has 0 atom stereocenters. The third-order valence-corrected chi connectivity index (χ3v) is 3.55. The number of nitrogens with one attached hydrogen (secondary N) is 2. The number of hydrogen-bond donors (Lipinski definition) is 3. The number of thiazole rings is 1. The van der Waals surface area contributed by atoms with Crippen molar-refractivity contribution in [2.24, 2.45) is 0 Å². The van der Waals surface area contributed by atoms with Crippen LogP contribution in [0, 0.1) is 5.82 Å². The van der Waals surface area contributed by atoms with Crippen LogP contribution in [0.5, 0.6) is 0 Å². The SMILES string of the molecule is O=C(Nc1ncc(Br)s1)Nc1ccc(C(=O)O)cc1F. The molecule has 0 bridgehead atoms. The van der Waals surface area contributed by atoms with E-state index in [1.54, 1.807) is 0 Å². The number of urea groups is 1. The molecule has 2 rings (SSSR count). The fourth-order valence-electron chi connectivity index (χ4n) is 1.31. The molecule has 1 heterocycles. The molecule has 1 aromatic heterocycles. The summed E-state index contributed by atoms with van der Waals surface area (Å²) in [7, 11) is 0. The minimum atomic E-state index is -1.24. The minimum absolute atomic E-state index is 0.122. The van der Waals surface area contributed by atoms with Crippen LogP contribution in [0.4, 0.5) is 20.0 Å². The quantitative estimate of drug-likeness (QED) is 0.783. The van der Waals surface area contributed by atoms with Crippen LogP contribution in [0.3, 0.4) is 0 Å². The molecule has 0 aliphatic heterocycles. The zero-order valence-electron chi connectivity index (χ0n) is 9.68. The Balaban J connectivity index is 2.06. The van der Waals surface area contributed by atoms with Gasteiger partial charge in [-0.3, -0.25) is 5.32 Å². The standard InChI is InChI=1S/C11H7BrFN3O3S/c12-8-4-14-11(20-8)16-10(19)15-7-2-1-5(9(17)18)3-6(7)13/h1-4H,(H,17,18)(H2,14,15,16,19). The van der Waals surface area contributed by atoms with E-state index in [0.717, 1.165) is 9.85 Å². The normalized spacial score (nSPS) is 10.1. The molecular formula is C11H7BrFN3O3S. The second-order valence-corrected chi connectivity index (χ2v) is 5.96. The maximum atomic E-state index is 13.6. The largest absolute Gasteiger partial charge is 0.478 e. The van der Waals surface area contributed by atoms with Crippen molar-refractivity contribution in [3.05, 3.63) is 39.6 Å². The van der Waals surface area contributed by atoms with Gasteiger partial charge in [0, 0.05) is 0 Å². The maximum absolute atomic E-state index is 13.6. The van der Waals surface area contributed by atoms with Crippen LogP contribution in [-0.2, 0) is 0 Å². The van der Waals surface area contributed by atoms with Gasteiger partial charge in [-0.15, -0.1) is 0 Å². The van der Waals surface area contributed by atoms with Gasteiger partial charge in [0.1, 0.15) is 5.82 Å². The molecule has 0 saturated carbocycles. The number of aromatic nitrogens is 1. The number of hydrogen-bond acceptors (Lipinski definition) is 4. The Kier molecular flexibility index (Phi) is 4.30. The van der Waals surface area contributed by atoms with E-state index in [4.69, 9.17) is 5.11 Å². The lowest BCUT2D eigenvalue weighted by molar-refractivity contribution is 0.0696. The summed E-state index contributed by atoms with van der Waals surface area (Å²) in [6, 6.07) is 2.53. The zero-order chi connectivity index (χ0) is 14.7. The summed E-state index contributed by atoms with van der Waals surface area (Å²) in [5, 5.41) is 13.7. The highest BCUT2D eigenvalue weighted by Crippen LogP contribution is 2.23. The molecule has 20 heavy (non-hydrogen) atoms. The lowest BCUT2D eigenvalue weighted by atomic mass is 10.2. The number of benzene rings is 1. The first-order valence-electron chi connectivity index (χ1n) is 5.18. The van der Waals surface area contributed by atoms with Crippen LogP contribution < -0.4 is 10.6 Å². The first-order chi connectivity index (χ1) is 9.45. The van der Waals surface area contributed by atoms with Gasteiger partial charge in [-0.25, -0.2) is 19.0 Å². The summed E-state index contributed by atoms with van der Waals surface area (Å²) in [4.78, 5) is 26.1. The minimum Gasteiger partial charge on any atom is -0.478 e. The lowest BCUT2D eigenvalue weighted by Crippen LogP contribution is -2.20. The van der Waals surface area contributed by atoms with Crippen molar-refractivity contribution >= 4 is 50.1 Å². The smallest absolute Gasteiger partial charge is 0.335 e. The van der Waals surface area contributed by atoms with Gasteiger partial charge in [-0.05, 0) is 34.1 Å². The summed E-state index contributed by atoms with van der Waals surface area (Å²) in [5.41, 5.74) is -0.319. The van der Waals surface area contributed by atoms with Gasteiger partial charge >= 0.3 is 12.0 Å². The molecule has 6 nitrogen and oxygen atoms in total. The number of carbonyl (C=O) groups is 2. The van der Waals surface area contributed by atoms with E-state index in [1.165, 1.54) is 29.7 Å². The van der Waals surface area contributed by atoms with Crippen molar-refractivity contribution in [2.45, 2.75) is 0 Å². The molecular weight excluding hydrogens is 353 g/mol. The number of aromatic carboxylic acids is 1. The van der Waals surface area contributed by atoms with Crippen molar-refractivity contribution in [3.8, 4) is 0 Å². The number of amides is 2. The highest BCUT2D eigenvalue weighted by atomic mass is 79.9. The predicted octanol–water partition coefficient (Wildman–Crippen LogP) is 3.39. The van der Waals surface area contributed by atoms with E-state index in [1.807, 2.05) is 0 Å². The molecule has 104 valence electrons. The second-order valence-electron chi connectivity index (χ2n) is 3.55. The second kappa shape index (κ2) is 5.97. The molecule has 0 aliphatic carbocycles. The van der Waals surface area contributed by atoms with Crippen molar-refractivity contribution in [2.75, 3.05) is 10.6 Å². The summed E-state index contributed by atoms with van der Waals surface area (Å²) < 4.78 is 14.3. The van der Waals surface area contributed by atoms with Crippen LogP contribution in [-0.4, -0.2) is 22.1 Å². The Bertz CT molecular complexity index is 677. The van der Waals surface area contributed by atoms with Crippen LogP contribution >= 0.6 is 27.3 Å². The van der Waals surface area contributed by atoms with Gasteiger partial charge in [0.2, 0.25) is 0 Å². The Morgan fingerprint density at radius 3 is 2.65 bits per heavy atom. The van der Waals surface area contributed by atoms with Crippen LogP contribution in [0.1, 0.15) is 10.4 Å². The summed E-state index contributed by atoms with van der Waals surface area (Å²) in [6.07, 6.45) is 1.52. The summed E-state index contributed by atoms with van der Waals surface area (Å²) in [6.45, 7) is 0. The average Bonchev–Trinajstić information content (AvgIpc) is 2.77. The molecule has 0 spiro atoms. The third-order valence-electron chi connectivity index (χ3n) is 2.16. The third kappa shape index (κ3) is 3.52. The Hall–Kier alpha value is -2.00. The first kappa shape index (κ1) is 14.4. The average molecular weight is 360 g/mol. The van der Waals surface area contributed by atoms with E-state index in [-0.39, 0.29) is 11.3 Å². The molecule has 9 heteroatoms. The highest BCUT2D eigenvalue weighted by Gasteiger charge is 2.11. The molecule has 0 unspecified atom stereocenters. The summed E-state index contributed by atoms with van der Waals surface area (Å²) in [5.74, 6) is -2.08. The van der Waals surface area contributed by atoms with Crippen molar-refractivity contribution in [3.63, 3.8) is 0 Å². The number of nitrogens with zero attached hydrogens (tertiary/aromatic N) is 1. The number of rotatable bonds is 3. The zero-order valence-corrected chi connectivity index (χ0v) is 12.1. The van der Waals surface area contributed by atoms with Crippen LogP contribution in [0.2, 0.25) is 0 Å². The molecule has 3 N–H and O–H groups in total. The molecule has 0 radical (unpaired) electrons. The molecule has 0 aliphatic rings. The molecule has 2 amide bonds. The fraction of sp³-hybridized carbons (Fsp3) is 0. The van der Waals surface area contributed by atoms with Crippen molar-refractivity contribution in [1.29, 1.82) is 0 Å². The number of halogens is 2. The lowest BCUT2D eigenvalue weighted by Gasteiger charge is -2.07. The highest BCUT2D eigenvalue weighted by molar-refractivity contribution is 9.11. The molecule has 1 aromatic carbocycles. The van der Waals surface area contributed by atoms with E-state index in [9.17, 15) is 14.0 Å². The van der Waals surface area contributed by atoms with Crippen LogP contribution in [0.25, 0.3) is 0 Å². The van der Waals surface area contributed by atoms with E-state index >= 15 is 0 Å². The Morgan fingerprint density at radius 1 is 1.35 bits per heavy atom. The monoisotopic (exact) mass is 359 g/mol. The number of carboxylic acid groups (broad SMARTS) is 1. The number of anilines is 2. The maximum Gasteiger partial charge on any atom is 0.335 e. The van der Waals surface area contributed by atoms with E-state index in [2.05, 4.69) is 31.5 Å². The summed E-state index contributed by atoms with van der Waals surface area (Å²) >= 11 is 4.39. The van der Waals surface area contributed by atoms with Gasteiger partial charge in [-0.2, -0.15) is 0 Å². The van der Waals surface area contributed by atoms with E-state index < -0.39 is 17.8 Å². The fourth-order valence-corrected chi connectivity index (χ4v) is 2.41. The Morgan fingerprint density at radius 2 is 2.10 bits per heavy atom. The first-order valence-corrected chi connectivity index (χ1v) is 6.79. The molecule has 0 fully saturated rings. The molecule has 2 aromatic rings. The Labute approximate surface area is 124 Å².